The van der Waals surface area contributed by atoms with Gasteiger partial charge in [-0.1, -0.05) is 249 Å². The van der Waals surface area contributed by atoms with Crippen LogP contribution in [-0.2, 0) is 0 Å². The molecule has 0 aliphatic rings. The second kappa shape index (κ2) is 22.1. The minimum absolute atomic E-state index is 0.583. The summed E-state index contributed by atoms with van der Waals surface area (Å²) in [4.78, 5) is 26.8. The lowest BCUT2D eigenvalue weighted by Crippen LogP contribution is -2.06. The number of para-hydroxylation sites is 7. The largest absolute Gasteiger partial charge is 0.309 e. The summed E-state index contributed by atoms with van der Waals surface area (Å²) < 4.78 is 7.40. The van der Waals surface area contributed by atoms with Crippen LogP contribution in [0.4, 0.5) is 0 Å². The molecule has 0 saturated carbocycles. The average molecular weight is 1190 g/mol. The molecule has 0 aliphatic heterocycles. The van der Waals surface area contributed by atoms with Crippen LogP contribution in [0.3, 0.4) is 0 Å². The normalized spacial score (nSPS) is 11.7. The minimum Gasteiger partial charge on any atom is -0.309 e. The van der Waals surface area contributed by atoms with Crippen molar-refractivity contribution in [2.75, 3.05) is 0 Å². The maximum Gasteiger partial charge on any atom is 0.164 e. The molecule has 13 aromatic carbocycles. The van der Waals surface area contributed by atoms with Crippen LogP contribution >= 0.6 is 0 Å². The Bertz CT molecular complexity index is 5530. The van der Waals surface area contributed by atoms with Crippen molar-refractivity contribution in [2.24, 2.45) is 0 Å². The first-order valence-electron chi connectivity index (χ1n) is 31.4. The Hall–Kier alpha value is -12.7. The first kappa shape index (κ1) is 53.4. The molecule has 0 unspecified atom stereocenters. The summed E-state index contributed by atoms with van der Waals surface area (Å²) in [5, 5.41) is 6.85. The number of hydrogen-bond donors (Lipinski definition) is 0. The predicted molar refractivity (Wildman–Crippen MR) is 382 cm³/mol. The van der Waals surface area contributed by atoms with E-state index in [-0.39, 0.29) is 0 Å². The minimum atomic E-state index is 0.583. The van der Waals surface area contributed by atoms with Crippen molar-refractivity contribution < 1.29 is 0 Å². The zero-order chi connectivity index (χ0) is 61.3. The number of aromatic nitrogens is 8. The Kier molecular flexibility index (Phi) is 12.7. The summed E-state index contributed by atoms with van der Waals surface area (Å²) >= 11 is 0. The van der Waals surface area contributed by atoms with Crippen molar-refractivity contribution in [1.82, 2.24) is 38.6 Å². The first-order chi connectivity index (χ1) is 46.1. The molecule has 0 amide bonds. The molecular formula is C85H54N8. The van der Waals surface area contributed by atoms with E-state index < -0.39 is 0 Å². The highest BCUT2D eigenvalue weighted by atomic mass is 15.0. The number of benzene rings is 13. The zero-order valence-corrected chi connectivity index (χ0v) is 50.3. The fraction of sp³-hybridized carbons (Fsp3) is 0. The van der Waals surface area contributed by atoms with Crippen molar-refractivity contribution in [1.29, 1.82) is 0 Å². The highest BCUT2D eigenvalue weighted by Crippen LogP contribution is 2.49. The maximum absolute atomic E-state index is 5.61. The van der Waals surface area contributed by atoms with Crippen LogP contribution in [0.1, 0.15) is 0 Å². The van der Waals surface area contributed by atoms with Gasteiger partial charge in [0, 0.05) is 88.0 Å². The smallest absolute Gasteiger partial charge is 0.164 e. The van der Waals surface area contributed by atoms with Crippen molar-refractivity contribution in [3.8, 4) is 107 Å². The summed E-state index contributed by atoms with van der Waals surface area (Å²) in [6, 6.07) is 116. The van der Waals surface area contributed by atoms with Crippen molar-refractivity contribution in [3.05, 3.63) is 328 Å². The zero-order valence-electron chi connectivity index (χ0n) is 50.3. The second-order valence-electron chi connectivity index (χ2n) is 23.5. The lowest BCUT2D eigenvalue weighted by atomic mass is 9.90. The molecule has 8 nitrogen and oxygen atoms in total. The molecule has 0 saturated heterocycles. The number of fused-ring (bicyclic) bond motifs is 9. The van der Waals surface area contributed by atoms with Crippen molar-refractivity contribution in [2.45, 2.75) is 0 Å². The first-order valence-corrected chi connectivity index (χ1v) is 31.4. The van der Waals surface area contributed by atoms with Gasteiger partial charge < -0.3 is 13.7 Å². The molecule has 8 heteroatoms. The lowest BCUT2D eigenvalue weighted by Gasteiger charge is -2.24. The summed E-state index contributed by atoms with van der Waals surface area (Å²) in [5.74, 6) is 2.39. The van der Waals surface area contributed by atoms with E-state index in [2.05, 4.69) is 305 Å². The number of hydrogen-bond acceptors (Lipinski definition) is 5. The van der Waals surface area contributed by atoms with Crippen LogP contribution in [-0.4, -0.2) is 38.6 Å². The van der Waals surface area contributed by atoms with Gasteiger partial charge in [0.1, 0.15) is 0 Å². The average Bonchev–Trinajstić information content (AvgIpc) is 1.66. The van der Waals surface area contributed by atoms with E-state index >= 15 is 0 Å². The highest BCUT2D eigenvalue weighted by molar-refractivity contribution is 6.14. The predicted octanol–water partition coefficient (Wildman–Crippen LogP) is 21.3. The molecule has 5 heterocycles. The third-order valence-corrected chi connectivity index (χ3v) is 18.1. The molecule has 18 rings (SSSR count). The molecule has 0 atom stereocenters. The molecule has 0 radical (unpaired) electrons. The molecule has 0 aliphatic carbocycles. The van der Waals surface area contributed by atoms with Gasteiger partial charge in [-0.15, -0.1) is 0 Å². The maximum atomic E-state index is 5.61. The highest BCUT2D eigenvalue weighted by Gasteiger charge is 2.28. The Morgan fingerprint density at radius 1 is 0.183 bits per heavy atom. The van der Waals surface area contributed by atoms with Gasteiger partial charge in [0.15, 0.2) is 23.3 Å². The Balaban J connectivity index is 0.989. The standard InChI is InChI=1S/C85H54N8/c1-5-27-55(28-6-1)71-54-72(56-29-7-2-8-30-56)87-85(86-71)60-52-69(66-40-18-24-46-77(66)91-73-42-20-13-35-61(73)62-36-14-21-43-74(62)91)81(70(53-60)67-41-19-25-47-78(67)92-75-44-22-15-37-63(75)64-38-16-23-45-76(64)92)93-79-48-26-17-39-65(79)68-51-59(49-50-80(68)93)84-89-82(57-31-9-3-10-32-57)88-83(90-84)58-33-11-4-12-34-58/h1-54H. The van der Waals surface area contributed by atoms with Gasteiger partial charge in [0.25, 0.3) is 0 Å². The van der Waals surface area contributed by atoms with E-state index in [1.807, 2.05) is 36.4 Å². The van der Waals surface area contributed by atoms with E-state index in [9.17, 15) is 0 Å². The summed E-state index contributed by atoms with van der Waals surface area (Å²) in [7, 11) is 0. The topological polar surface area (TPSA) is 79.2 Å². The van der Waals surface area contributed by atoms with Gasteiger partial charge in [0.05, 0.1) is 61.6 Å². The van der Waals surface area contributed by atoms with E-state index in [1.165, 1.54) is 21.5 Å². The summed E-state index contributed by atoms with van der Waals surface area (Å²) in [5.41, 5.74) is 20.7. The fourth-order valence-corrected chi connectivity index (χ4v) is 14.0. The van der Waals surface area contributed by atoms with Crippen LogP contribution in [0.5, 0.6) is 0 Å². The molecule has 93 heavy (non-hydrogen) atoms. The molecule has 0 bridgehead atoms. The lowest BCUT2D eigenvalue weighted by molar-refractivity contribution is 1.07. The van der Waals surface area contributed by atoms with Gasteiger partial charge >= 0.3 is 0 Å². The van der Waals surface area contributed by atoms with Crippen LogP contribution in [0, 0.1) is 0 Å². The monoisotopic (exact) mass is 1190 g/mol. The van der Waals surface area contributed by atoms with Crippen LogP contribution in [0.2, 0.25) is 0 Å². The molecule has 5 aromatic heterocycles. The van der Waals surface area contributed by atoms with E-state index in [1.54, 1.807) is 0 Å². The molecule has 0 fully saturated rings. The Morgan fingerprint density at radius 3 is 0.914 bits per heavy atom. The van der Waals surface area contributed by atoms with E-state index in [0.29, 0.717) is 23.3 Å². The van der Waals surface area contributed by atoms with E-state index in [0.717, 1.165) is 128 Å². The molecule has 434 valence electrons. The van der Waals surface area contributed by atoms with Gasteiger partial charge in [-0.3, -0.25) is 0 Å². The Morgan fingerprint density at radius 2 is 0.495 bits per heavy atom. The van der Waals surface area contributed by atoms with Gasteiger partial charge in [-0.05, 0) is 78.9 Å². The quantitative estimate of drug-likeness (QED) is 0.129. The summed E-state index contributed by atoms with van der Waals surface area (Å²) in [6.45, 7) is 0. The number of rotatable bonds is 11. The number of nitrogens with zero attached hydrogens (tertiary/aromatic N) is 8. The summed E-state index contributed by atoms with van der Waals surface area (Å²) in [6.07, 6.45) is 0. The van der Waals surface area contributed by atoms with Gasteiger partial charge in [-0.25, -0.2) is 24.9 Å². The van der Waals surface area contributed by atoms with Crippen LogP contribution < -0.4 is 0 Å². The van der Waals surface area contributed by atoms with Gasteiger partial charge in [0.2, 0.25) is 0 Å². The molecule has 0 spiro atoms. The van der Waals surface area contributed by atoms with E-state index in [4.69, 9.17) is 24.9 Å². The third kappa shape index (κ3) is 9.03. The Labute approximate surface area is 536 Å². The van der Waals surface area contributed by atoms with Crippen molar-refractivity contribution in [3.63, 3.8) is 0 Å². The van der Waals surface area contributed by atoms with Crippen LogP contribution in [0.15, 0.2) is 328 Å². The molecular weight excluding hydrogens is 1130 g/mol. The SMILES string of the molecule is c1ccc(-c2cc(-c3ccccc3)nc(-c3cc(-c4ccccc4-n4c5ccccc5c5ccccc54)c(-n4c5ccccc5c5cc(-c6nc(-c7ccccc7)nc(-c7ccccc7)n6)ccc54)c(-c4ccccc4-n4c5ccccc5c5ccccc54)c3)n2)cc1. The molecule has 18 aromatic rings. The second-order valence-corrected chi connectivity index (χ2v) is 23.5. The fourth-order valence-electron chi connectivity index (χ4n) is 14.0. The van der Waals surface area contributed by atoms with Gasteiger partial charge in [-0.2, -0.15) is 0 Å². The van der Waals surface area contributed by atoms with Crippen molar-refractivity contribution >= 4 is 65.4 Å². The van der Waals surface area contributed by atoms with Crippen LogP contribution in [0.25, 0.3) is 173 Å². The molecule has 0 N–H and O–H groups in total. The third-order valence-electron chi connectivity index (χ3n) is 18.1.